The van der Waals surface area contributed by atoms with Gasteiger partial charge in [-0.3, -0.25) is 4.90 Å². The van der Waals surface area contributed by atoms with Gasteiger partial charge in [-0.1, -0.05) is 0 Å². The molecule has 3 rings (SSSR count). The van der Waals surface area contributed by atoms with Gasteiger partial charge in [0, 0.05) is 37.9 Å². The first-order valence-electron chi connectivity index (χ1n) is 8.46. The van der Waals surface area contributed by atoms with Crippen molar-refractivity contribution in [1.29, 1.82) is 0 Å². The summed E-state index contributed by atoms with van der Waals surface area (Å²) in [7, 11) is -3.07. The molecule has 2 aliphatic heterocycles. The normalized spacial score (nSPS) is 25.0. The lowest BCUT2D eigenvalue weighted by atomic mass is 10.0. The molecule has 0 saturated carbocycles. The minimum absolute atomic E-state index is 0.0351. The van der Waals surface area contributed by atoms with Crippen LogP contribution in [0.2, 0.25) is 0 Å². The lowest BCUT2D eigenvalue weighted by Gasteiger charge is -2.41. The monoisotopic (exact) mass is 354 g/mol. The molecule has 7 nitrogen and oxygen atoms in total. The Hall–Kier alpha value is -1.09. The summed E-state index contributed by atoms with van der Waals surface area (Å²) in [5.74, 6) is 0.771. The van der Waals surface area contributed by atoms with Crippen LogP contribution in [0.3, 0.4) is 0 Å². The number of morpholine rings is 1. The number of piperidine rings is 1. The highest BCUT2D eigenvalue weighted by molar-refractivity contribution is 7.88. The summed E-state index contributed by atoms with van der Waals surface area (Å²) in [6.45, 7) is 7.47. The first-order chi connectivity index (χ1) is 11.3. The van der Waals surface area contributed by atoms with Crippen molar-refractivity contribution >= 4 is 10.0 Å². The van der Waals surface area contributed by atoms with Crippen LogP contribution in [0.25, 0.3) is 0 Å². The Labute approximate surface area is 144 Å². The summed E-state index contributed by atoms with van der Waals surface area (Å²) in [6.07, 6.45) is 3.01. The third-order valence-electron chi connectivity index (χ3n) is 4.82. The molecule has 0 bridgehead atoms. The molecule has 0 aromatic carbocycles. The lowest BCUT2D eigenvalue weighted by molar-refractivity contribution is -0.0529. The van der Waals surface area contributed by atoms with Gasteiger partial charge in [0.2, 0.25) is 10.0 Å². The molecule has 3 heterocycles. The van der Waals surface area contributed by atoms with Gasteiger partial charge in [0.15, 0.2) is 0 Å². The summed E-state index contributed by atoms with van der Waals surface area (Å²) in [5, 5.41) is 0. The van der Waals surface area contributed by atoms with Crippen molar-refractivity contribution < 1.29 is 13.2 Å². The molecule has 2 fully saturated rings. The van der Waals surface area contributed by atoms with Crippen molar-refractivity contribution in [2.24, 2.45) is 0 Å². The molecular formula is C16H26N4O3S. The molecule has 134 valence electrons. The van der Waals surface area contributed by atoms with Crippen molar-refractivity contribution in [2.75, 3.05) is 39.0 Å². The Morgan fingerprint density at radius 2 is 1.88 bits per heavy atom. The third kappa shape index (κ3) is 4.11. The van der Waals surface area contributed by atoms with E-state index in [4.69, 9.17) is 4.74 Å². The van der Waals surface area contributed by atoms with Crippen LogP contribution in [0.4, 0.5) is 0 Å². The number of hydrogen-bond donors (Lipinski definition) is 0. The molecule has 0 N–H and O–H groups in total. The molecule has 1 aromatic rings. The number of nitrogens with zero attached hydrogens (tertiary/aromatic N) is 4. The molecular weight excluding hydrogens is 328 g/mol. The van der Waals surface area contributed by atoms with Crippen molar-refractivity contribution in [3.05, 3.63) is 23.3 Å². The van der Waals surface area contributed by atoms with Gasteiger partial charge in [-0.2, -0.15) is 0 Å². The van der Waals surface area contributed by atoms with E-state index >= 15 is 0 Å². The molecule has 0 aliphatic carbocycles. The van der Waals surface area contributed by atoms with Crippen LogP contribution in [-0.4, -0.2) is 72.7 Å². The zero-order valence-electron chi connectivity index (χ0n) is 14.6. The van der Waals surface area contributed by atoms with E-state index < -0.39 is 10.0 Å². The van der Waals surface area contributed by atoms with Gasteiger partial charge in [0.1, 0.15) is 11.9 Å². The number of aromatic nitrogens is 2. The van der Waals surface area contributed by atoms with E-state index in [-0.39, 0.29) is 6.10 Å². The SMILES string of the molecule is Cc1cc([C@@H]2CN(C3CCN(S(C)(=O)=O)CC3)CCO2)nc(C)n1. The van der Waals surface area contributed by atoms with E-state index in [1.807, 2.05) is 19.9 Å². The van der Waals surface area contributed by atoms with Crippen molar-refractivity contribution in [1.82, 2.24) is 19.2 Å². The number of rotatable bonds is 3. The molecule has 2 saturated heterocycles. The summed E-state index contributed by atoms with van der Waals surface area (Å²) in [5.41, 5.74) is 1.90. The van der Waals surface area contributed by atoms with E-state index in [9.17, 15) is 8.42 Å². The highest BCUT2D eigenvalue weighted by Crippen LogP contribution is 2.26. The summed E-state index contributed by atoms with van der Waals surface area (Å²) in [4.78, 5) is 11.3. The Morgan fingerprint density at radius 3 is 2.50 bits per heavy atom. The smallest absolute Gasteiger partial charge is 0.211 e. The Morgan fingerprint density at radius 1 is 1.17 bits per heavy atom. The quantitative estimate of drug-likeness (QED) is 0.802. The molecule has 1 aromatic heterocycles. The fraction of sp³-hybridized carbons (Fsp3) is 0.750. The van der Waals surface area contributed by atoms with Crippen LogP contribution >= 0.6 is 0 Å². The molecule has 8 heteroatoms. The Balaban J connectivity index is 1.64. The second kappa shape index (κ2) is 7.03. The maximum absolute atomic E-state index is 11.6. The molecule has 0 amide bonds. The maximum Gasteiger partial charge on any atom is 0.211 e. The van der Waals surface area contributed by atoms with E-state index in [1.54, 1.807) is 4.31 Å². The lowest BCUT2D eigenvalue weighted by Crippen LogP contribution is -2.50. The van der Waals surface area contributed by atoms with Gasteiger partial charge < -0.3 is 4.74 Å². The number of ether oxygens (including phenoxy) is 1. The number of hydrogen-bond acceptors (Lipinski definition) is 6. The molecule has 0 spiro atoms. The first-order valence-corrected chi connectivity index (χ1v) is 10.3. The van der Waals surface area contributed by atoms with E-state index in [1.165, 1.54) is 6.26 Å². The summed E-state index contributed by atoms with van der Waals surface area (Å²) < 4.78 is 30.8. The zero-order chi connectivity index (χ0) is 17.3. The van der Waals surface area contributed by atoms with Crippen LogP contribution in [-0.2, 0) is 14.8 Å². The highest BCUT2D eigenvalue weighted by atomic mass is 32.2. The average molecular weight is 354 g/mol. The average Bonchev–Trinajstić information content (AvgIpc) is 2.53. The van der Waals surface area contributed by atoms with Crippen molar-refractivity contribution in [3.8, 4) is 0 Å². The Bertz CT molecular complexity index is 666. The second-order valence-corrected chi connectivity index (χ2v) is 8.71. The number of aryl methyl sites for hydroxylation is 2. The zero-order valence-corrected chi connectivity index (χ0v) is 15.4. The van der Waals surface area contributed by atoms with Gasteiger partial charge in [0.25, 0.3) is 0 Å². The van der Waals surface area contributed by atoms with Crippen LogP contribution in [0.15, 0.2) is 6.07 Å². The molecule has 0 unspecified atom stereocenters. The fourth-order valence-corrected chi connectivity index (χ4v) is 4.50. The summed E-state index contributed by atoms with van der Waals surface area (Å²) in [6, 6.07) is 2.41. The number of sulfonamides is 1. The predicted molar refractivity (Wildman–Crippen MR) is 91.2 cm³/mol. The van der Waals surface area contributed by atoms with Gasteiger partial charge in [-0.25, -0.2) is 22.7 Å². The van der Waals surface area contributed by atoms with Gasteiger partial charge >= 0.3 is 0 Å². The first kappa shape index (κ1) is 17.7. The standard InChI is InChI=1S/C16H26N4O3S/c1-12-10-15(18-13(2)17-12)16-11-19(8-9-23-16)14-4-6-20(7-5-14)24(3,21)22/h10,14,16H,4-9,11H2,1-3H3/t16-/m0/s1. The predicted octanol–water partition coefficient (Wildman–Crippen LogP) is 0.891. The van der Waals surface area contributed by atoms with Crippen LogP contribution in [0.5, 0.6) is 0 Å². The van der Waals surface area contributed by atoms with Gasteiger partial charge in [-0.15, -0.1) is 0 Å². The second-order valence-electron chi connectivity index (χ2n) is 6.73. The van der Waals surface area contributed by atoms with Crippen LogP contribution < -0.4 is 0 Å². The highest BCUT2D eigenvalue weighted by Gasteiger charge is 2.32. The van der Waals surface area contributed by atoms with E-state index in [0.29, 0.717) is 25.7 Å². The topological polar surface area (TPSA) is 75.6 Å². The van der Waals surface area contributed by atoms with Gasteiger partial charge in [-0.05, 0) is 32.8 Å². The third-order valence-corrected chi connectivity index (χ3v) is 6.13. The summed E-state index contributed by atoms with van der Waals surface area (Å²) >= 11 is 0. The molecule has 1 atom stereocenters. The molecule has 24 heavy (non-hydrogen) atoms. The largest absolute Gasteiger partial charge is 0.369 e. The maximum atomic E-state index is 11.6. The van der Waals surface area contributed by atoms with Crippen LogP contribution in [0.1, 0.15) is 36.2 Å². The molecule has 0 radical (unpaired) electrons. The van der Waals surface area contributed by atoms with E-state index in [0.717, 1.165) is 43.1 Å². The van der Waals surface area contributed by atoms with E-state index in [2.05, 4.69) is 14.9 Å². The minimum atomic E-state index is -3.07. The van der Waals surface area contributed by atoms with Crippen LogP contribution in [0, 0.1) is 13.8 Å². The molecule has 2 aliphatic rings. The van der Waals surface area contributed by atoms with Gasteiger partial charge in [0.05, 0.1) is 18.6 Å². The Kier molecular flexibility index (Phi) is 5.19. The fourth-order valence-electron chi connectivity index (χ4n) is 3.63. The van der Waals surface area contributed by atoms with Crippen molar-refractivity contribution in [3.63, 3.8) is 0 Å². The van der Waals surface area contributed by atoms with Crippen molar-refractivity contribution in [2.45, 2.75) is 38.8 Å². The minimum Gasteiger partial charge on any atom is -0.369 e.